The van der Waals surface area contributed by atoms with E-state index in [9.17, 15) is 0 Å². The maximum atomic E-state index is 2.31. The summed E-state index contributed by atoms with van der Waals surface area (Å²) < 4.78 is 0. The molecule has 0 radical (unpaired) electrons. The molecule has 0 aromatic heterocycles. The Morgan fingerprint density at radius 1 is 1.12 bits per heavy atom. The lowest BCUT2D eigenvalue weighted by Crippen LogP contribution is -2.14. The number of allylic oxidation sites excluding steroid dienone is 4. The van der Waals surface area contributed by atoms with E-state index in [1.165, 1.54) is 51.4 Å². The van der Waals surface area contributed by atoms with Crippen LogP contribution in [0.5, 0.6) is 0 Å². The van der Waals surface area contributed by atoms with Crippen molar-refractivity contribution in [3.05, 3.63) is 23.8 Å². The summed E-state index contributed by atoms with van der Waals surface area (Å²) in [5.41, 5.74) is 1.56. The van der Waals surface area contributed by atoms with Crippen LogP contribution in [0.25, 0.3) is 0 Å². The van der Waals surface area contributed by atoms with Crippen LogP contribution in [0.2, 0.25) is 0 Å². The zero-order valence-corrected chi connectivity index (χ0v) is 12.0. The van der Waals surface area contributed by atoms with Gasteiger partial charge in [-0.2, -0.15) is 0 Å². The fourth-order valence-corrected chi connectivity index (χ4v) is 3.00. The van der Waals surface area contributed by atoms with Gasteiger partial charge in [0.15, 0.2) is 0 Å². The van der Waals surface area contributed by atoms with Crippen LogP contribution in [0, 0.1) is 11.8 Å². The first-order valence-electron chi connectivity index (χ1n) is 7.54. The van der Waals surface area contributed by atoms with Gasteiger partial charge in [-0.3, -0.25) is 0 Å². The van der Waals surface area contributed by atoms with Crippen LogP contribution in [0.15, 0.2) is 23.8 Å². The summed E-state index contributed by atoms with van der Waals surface area (Å²) in [4.78, 5) is 0. The maximum absolute atomic E-state index is 2.31. The molecule has 1 aliphatic rings. The standard InChI is InChI=1S/C17H30/c1-4-6-8-15(3)14-17-12-10-16(11-13-17)9-7-5-2/h4,6,8,16-17H,5,7,9-14H2,1-3H3/b6-4-,15-8+. The Bertz CT molecular complexity index is 239. The highest BCUT2D eigenvalue weighted by atomic mass is 14.3. The van der Waals surface area contributed by atoms with Crippen molar-refractivity contribution >= 4 is 0 Å². The van der Waals surface area contributed by atoms with Crippen LogP contribution in [-0.4, -0.2) is 0 Å². The molecule has 0 aromatic carbocycles. The van der Waals surface area contributed by atoms with Crippen LogP contribution in [0.3, 0.4) is 0 Å². The van der Waals surface area contributed by atoms with E-state index in [-0.39, 0.29) is 0 Å². The normalized spacial score (nSPS) is 26.6. The first-order valence-corrected chi connectivity index (χ1v) is 7.54. The topological polar surface area (TPSA) is 0 Å². The minimum Gasteiger partial charge on any atom is -0.0877 e. The zero-order chi connectivity index (χ0) is 12.5. The molecule has 0 heterocycles. The van der Waals surface area contributed by atoms with E-state index >= 15 is 0 Å². The maximum Gasteiger partial charge on any atom is -0.0291 e. The van der Waals surface area contributed by atoms with E-state index in [1.54, 1.807) is 5.57 Å². The molecule has 98 valence electrons. The molecular weight excluding hydrogens is 204 g/mol. The summed E-state index contributed by atoms with van der Waals surface area (Å²) in [5.74, 6) is 2.01. The van der Waals surface area contributed by atoms with Crippen molar-refractivity contribution in [3.8, 4) is 0 Å². The molecule has 0 saturated heterocycles. The van der Waals surface area contributed by atoms with Gasteiger partial charge < -0.3 is 0 Å². The van der Waals surface area contributed by atoms with Crippen LogP contribution < -0.4 is 0 Å². The second kappa shape index (κ2) is 8.55. The smallest absolute Gasteiger partial charge is 0.0291 e. The second-order valence-electron chi connectivity index (χ2n) is 5.77. The summed E-state index contributed by atoms with van der Waals surface area (Å²) in [6.07, 6.45) is 18.1. The van der Waals surface area contributed by atoms with Crippen LogP contribution in [-0.2, 0) is 0 Å². The van der Waals surface area contributed by atoms with Gasteiger partial charge in [-0.05, 0) is 44.9 Å². The van der Waals surface area contributed by atoms with E-state index in [4.69, 9.17) is 0 Å². The molecule has 0 nitrogen and oxygen atoms in total. The predicted molar refractivity (Wildman–Crippen MR) is 78.2 cm³/mol. The Hall–Kier alpha value is -0.520. The van der Waals surface area contributed by atoms with Gasteiger partial charge in [0.25, 0.3) is 0 Å². The van der Waals surface area contributed by atoms with Crippen molar-refractivity contribution in [1.82, 2.24) is 0 Å². The molecule has 0 N–H and O–H groups in total. The molecule has 17 heavy (non-hydrogen) atoms. The molecule has 1 fully saturated rings. The quantitative estimate of drug-likeness (QED) is 0.502. The van der Waals surface area contributed by atoms with Crippen LogP contribution in [0.1, 0.15) is 72.1 Å². The summed E-state index contributed by atoms with van der Waals surface area (Å²) in [6, 6.07) is 0. The number of rotatable bonds is 6. The summed E-state index contributed by atoms with van der Waals surface area (Å²) in [5, 5.41) is 0. The fourth-order valence-electron chi connectivity index (χ4n) is 3.00. The molecule has 0 unspecified atom stereocenters. The molecular formula is C17H30. The Balaban J connectivity index is 2.22. The van der Waals surface area contributed by atoms with Gasteiger partial charge in [0, 0.05) is 0 Å². The van der Waals surface area contributed by atoms with Crippen molar-refractivity contribution in [1.29, 1.82) is 0 Å². The minimum atomic E-state index is 0.967. The van der Waals surface area contributed by atoms with Crippen molar-refractivity contribution in [3.63, 3.8) is 0 Å². The second-order valence-corrected chi connectivity index (χ2v) is 5.77. The summed E-state index contributed by atoms with van der Waals surface area (Å²) >= 11 is 0. The predicted octanol–water partition coefficient (Wildman–Crippen LogP) is 5.90. The Morgan fingerprint density at radius 2 is 1.76 bits per heavy atom. The van der Waals surface area contributed by atoms with E-state index in [0.29, 0.717) is 0 Å². The molecule has 0 amide bonds. The molecule has 0 bridgehead atoms. The molecule has 1 aliphatic carbocycles. The molecule has 1 saturated carbocycles. The third kappa shape index (κ3) is 6.10. The Kier molecular flexibility index (Phi) is 7.32. The average Bonchev–Trinajstić information content (AvgIpc) is 2.35. The van der Waals surface area contributed by atoms with Crippen LogP contribution >= 0.6 is 0 Å². The largest absolute Gasteiger partial charge is 0.0877 e. The monoisotopic (exact) mass is 234 g/mol. The highest BCUT2D eigenvalue weighted by molar-refractivity contribution is 5.10. The Labute approximate surface area is 108 Å². The number of hydrogen-bond acceptors (Lipinski definition) is 0. The lowest BCUT2D eigenvalue weighted by molar-refractivity contribution is 0.258. The zero-order valence-electron chi connectivity index (χ0n) is 12.0. The van der Waals surface area contributed by atoms with E-state index in [0.717, 1.165) is 11.8 Å². The minimum absolute atomic E-state index is 0.967. The van der Waals surface area contributed by atoms with Gasteiger partial charge in [-0.15, -0.1) is 0 Å². The highest BCUT2D eigenvalue weighted by Crippen LogP contribution is 2.34. The summed E-state index contributed by atoms with van der Waals surface area (Å²) in [7, 11) is 0. The number of hydrogen-bond donors (Lipinski definition) is 0. The van der Waals surface area contributed by atoms with Gasteiger partial charge >= 0.3 is 0 Å². The summed E-state index contributed by atoms with van der Waals surface area (Å²) in [6.45, 7) is 6.67. The van der Waals surface area contributed by atoms with Crippen LogP contribution in [0.4, 0.5) is 0 Å². The van der Waals surface area contributed by atoms with Crippen molar-refractivity contribution in [2.45, 2.75) is 72.1 Å². The van der Waals surface area contributed by atoms with Gasteiger partial charge in [0.2, 0.25) is 0 Å². The highest BCUT2D eigenvalue weighted by Gasteiger charge is 2.20. The van der Waals surface area contributed by atoms with E-state index < -0.39 is 0 Å². The van der Waals surface area contributed by atoms with Gasteiger partial charge in [0.05, 0.1) is 0 Å². The lowest BCUT2D eigenvalue weighted by atomic mass is 9.77. The number of unbranched alkanes of at least 4 members (excludes halogenated alkanes) is 1. The van der Waals surface area contributed by atoms with E-state index in [1.807, 2.05) is 0 Å². The third-order valence-corrected chi connectivity index (χ3v) is 4.12. The molecule has 0 spiro atoms. The third-order valence-electron chi connectivity index (χ3n) is 4.12. The molecule has 1 rings (SSSR count). The molecule has 0 atom stereocenters. The van der Waals surface area contributed by atoms with Crippen molar-refractivity contribution in [2.75, 3.05) is 0 Å². The van der Waals surface area contributed by atoms with Crippen molar-refractivity contribution < 1.29 is 0 Å². The average molecular weight is 234 g/mol. The Morgan fingerprint density at radius 3 is 2.35 bits per heavy atom. The van der Waals surface area contributed by atoms with Gasteiger partial charge in [0.1, 0.15) is 0 Å². The lowest BCUT2D eigenvalue weighted by Gasteiger charge is -2.28. The first-order chi connectivity index (χ1) is 8.26. The van der Waals surface area contributed by atoms with E-state index in [2.05, 4.69) is 39.0 Å². The fraction of sp³-hybridized carbons (Fsp3) is 0.765. The van der Waals surface area contributed by atoms with Gasteiger partial charge in [-0.1, -0.05) is 62.8 Å². The SMILES string of the molecule is C/C=C\C=C(/C)CC1CCC(CCCC)CC1. The molecule has 0 aromatic rings. The molecule has 0 heteroatoms. The first kappa shape index (κ1) is 14.5. The molecule has 0 aliphatic heterocycles. The van der Waals surface area contributed by atoms with Crippen molar-refractivity contribution in [2.24, 2.45) is 11.8 Å². The van der Waals surface area contributed by atoms with Gasteiger partial charge in [-0.25, -0.2) is 0 Å².